The van der Waals surface area contributed by atoms with Gasteiger partial charge in [-0.3, -0.25) is 0 Å². The zero-order valence-electron chi connectivity index (χ0n) is 26.8. The zero-order chi connectivity index (χ0) is 32.5. The van der Waals surface area contributed by atoms with E-state index < -0.39 is 0 Å². The molecule has 0 spiro atoms. The van der Waals surface area contributed by atoms with Gasteiger partial charge in [0.1, 0.15) is 0 Å². The first-order valence-corrected chi connectivity index (χ1v) is 19.1. The molecule has 0 radical (unpaired) electrons. The molecule has 7 aromatic heterocycles. The fraction of sp³-hybridized carbons (Fsp3) is 0.100. The Morgan fingerprint density at radius 2 is 0.646 bits per heavy atom. The predicted molar refractivity (Wildman–Crippen MR) is 211 cm³/mol. The third-order valence-corrected chi connectivity index (χ3v) is 12.8. The van der Waals surface area contributed by atoms with Gasteiger partial charge in [0.05, 0.1) is 22.8 Å². The van der Waals surface area contributed by atoms with Crippen molar-refractivity contribution in [1.29, 1.82) is 0 Å². The summed E-state index contributed by atoms with van der Waals surface area (Å²) in [6.07, 6.45) is 8.65. The largest absolute Gasteiger partial charge is 0.354 e. The lowest BCUT2D eigenvalue weighted by Crippen LogP contribution is -1.89. The second kappa shape index (κ2) is 11.5. The van der Waals surface area contributed by atoms with Crippen LogP contribution < -0.4 is 0 Å². The highest BCUT2D eigenvalue weighted by Gasteiger charge is 2.21. The molecule has 8 heteroatoms. The van der Waals surface area contributed by atoms with Crippen molar-refractivity contribution >= 4 is 91.7 Å². The molecular weight excluding hydrogens is 665 g/mol. The number of hydrogen-bond acceptors (Lipinski definition) is 6. The quantitative estimate of drug-likeness (QED) is 0.193. The van der Waals surface area contributed by atoms with Gasteiger partial charge in [-0.15, -0.1) is 45.3 Å². The van der Waals surface area contributed by atoms with E-state index in [9.17, 15) is 0 Å². The summed E-state index contributed by atoms with van der Waals surface area (Å²) >= 11 is 7.19. The normalized spacial score (nSPS) is 12.4. The van der Waals surface area contributed by atoms with Crippen LogP contribution in [0.15, 0.2) is 72.8 Å². The van der Waals surface area contributed by atoms with Gasteiger partial charge in [-0.1, -0.05) is 0 Å². The van der Waals surface area contributed by atoms with Crippen LogP contribution in [0.5, 0.6) is 0 Å². The highest BCUT2D eigenvalue weighted by atomic mass is 32.1. The van der Waals surface area contributed by atoms with E-state index in [-0.39, 0.29) is 0 Å². The summed E-state index contributed by atoms with van der Waals surface area (Å²) in [5, 5.41) is 0. The second-order valence-electron chi connectivity index (χ2n) is 12.1. The molecule has 0 amide bonds. The fourth-order valence-electron chi connectivity index (χ4n) is 6.52. The van der Waals surface area contributed by atoms with E-state index in [1.54, 1.807) is 34.0 Å². The first-order valence-electron chi connectivity index (χ1n) is 15.8. The number of H-pyrrole nitrogens is 2. The van der Waals surface area contributed by atoms with Crippen LogP contribution in [0.4, 0.5) is 0 Å². The molecule has 4 nitrogen and oxygen atoms in total. The van der Waals surface area contributed by atoms with Crippen LogP contribution in [0.25, 0.3) is 88.1 Å². The van der Waals surface area contributed by atoms with Crippen LogP contribution in [0.1, 0.15) is 42.3 Å². The Hall–Kier alpha value is -4.60. The standard InChI is InChI=1S/C40H30N4S4/c1-21-5-17-33(45-21)37-25-9-11-27(41-25)38(34-18-6-22(2)46-34)29-13-15-31(43-29)40(36-20-8-24(4)48-36)32-16-14-30(44-32)39(28-12-10-26(37)42-28)35-19-7-23(3)47-35/h5-20,41-42H,1-4H3. The summed E-state index contributed by atoms with van der Waals surface area (Å²) in [6.45, 7) is 8.64. The number of nitrogens with one attached hydrogen (secondary N) is 2. The summed E-state index contributed by atoms with van der Waals surface area (Å²) in [7, 11) is 0. The number of nitrogens with zero attached hydrogens (tertiary/aromatic N) is 2. The highest BCUT2D eigenvalue weighted by Crippen LogP contribution is 2.42. The molecule has 48 heavy (non-hydrogen) atoms. The molecule has 2 N–H and O–H groups in total. The minimum Gasteiger partial charge on any atom is -0.354 e. The maximum Gasteiger partial charge on any atom is 0.0746 e. The van der Waals surface area contributed by atoms with E-state index in [1.165, 1.54) is 39.0 Å². The molecule has 9 heterocycles. The monoisotopic (exact) mass is 694 g/mol. The molecule has 0 aromatic carbocycles. The van der Waals surface area contributed by atoms with Gasteiger partial charge in [-0.2, -0.15) is 0 Å². The lowest BCUT2D eigenvalue weighted by Gasteiger charge is -2.04. The first kappa shape index (κ1) is 29.5. The molecule has 9 rings (SSSR count). The van der Waals surface area contributed by atoms with Crippen molar-refractivity contribution in [3.8, 4) is 41.8 Å². The molecule has 0 saturated heterocycles. The SMILES string of the molecule is Cc1ccc(-c2c3nc(c(-c4ccc(C)s4)c4ccc([nH]4)c(-c4ccc(C)s4)c4ccc([nH]4)c(-c4ccc(C)s4)c4nc2C=C4)C=C3)s1. The maximum absolute atomic E-state index is 5.38. The summed E-state index contributed by atoms with van der Waals surface area (Å²) < 4.78 is 0. The topological polar surface area (TPSA) is 57.4 Å². The maximum atomic E-state index is 5.38. The van der Waals surface area contributed by atoms with Crippen LogP contribution in [0.3, 0.4) is 0 Å². The highest BCUT2D eigenvalue weighted by molar-refractivity contribution is 7.16. The van der Waals surface area contributed by atoms with Crippen LogP contribution in [0, 0.1) is 27.7 Å². The molecule has 2 aliphatic heterocycles. The molecule has 8 bridgehead atoms. The molecule has 0 atom stereocenters. The number of aryl methyl sites for hydroxylation is 4. The van der Waals surface area contributed by atoms with Crippen LogP contribution in [-0.2, 0) is 0 Å². The van der Waals surface area contributed by atoms with Gasteiger partial charge < -0.3 is 9.97 Å². The van der Waals surface area contributed by atoms with Gasteiger partial charge in [0, 0.05) is 83.3 Å². The number of fused-ring (bicyclic) bond motifs is 8. The van der Waals surface area contributed by atoms with Gasteiger partial charge in [-0.25, -0.2) is 9.97 Å². The van der Waals surface area contributed by atoms with E-state index in [0.717, 1.165) is 67.1 Å². The van der Waals surface area contributed by atoms with Gasteiger partial charge in [0.25, 0.3) is 0 Å². The molecule has 0 saturated carbocycles. The minimum absolute atomic E-state index is 0.929. The summed E-state index contributed by atoms with van der Waals surface area (Å²) in [4.78, 5) is 28.3. The smallest absolute Gasteiger partial charge is 0.0746 e. The number of aromatic amines is 2. The third kappa shape index (κ3) is 5.07. The van der Waals surface area contributed by atoms with E-state index >= 15 is 0 Å². The van der Waals surface area contributed by atoms with Crippen molar-refractivity contribution in [3.63, 3.8) is 0 Å². The van der Waals surface area contributed by atoms with Crippen molar-refractivity contribution in [2.45, 2.75) is 27.7 Å². The van der Waals surface area contributed by atoms with E-state index in [4.69, 9.17) is 9.97 Å². The fourth-order valence-corrected chi connectivity index (χ4v) is 10.3. The van der Waals surface area contributed by atoms with Crippen LogP contribution >= 0.6 is 45.3 Å². The Morgan fingerprint density at radius 3 is 0.979 bits per heavy atom. The van der Waals surface area contributed by atoms with Gasteiger partial charge in [0.15, 0.2) is 0 Å². The summed E-state index contributed by atoms with van der Waals surface area (Å²) in [5.74, 6) is 0. The zero-order valence-corrected chi connectivity index (χ0v) is 30.0. The molecular formula is C40H30N4S4. The number of thiophene rings is 4. The average molecular weight is 695 g/mol. The second-order valence-corrected chi connectivity index (χ2v) is 17.3. The van der Waals surface area contributed by atoms with E-state index in [2.05, 4.69) is 135 Å². The van der Waals surface area contributed by atoms with Gasteiger partial charge in [0.2, 0.25) is 0 Å². The van der Waals surface area contributed by atoms with Crippen molar-refractivity contribution in [2.24, 2.45) is 0 Å². The van der Waals surface area contributed by atoms with Crippen molar-refractivity contribution in [2.75, 3.05) is 0 Å². The van der Waals surface area contributed by atoms with Gasteiger partial charge >= 0.3 is 0 Å². The molecule has 0 fully saturated rings. The Morgan fingerprint density at radius 1 is 0.354 bits per heavy atom. The number of rotatable bonds is 4. The predicted octanol–water partition coefficient (Wildman–Crippen LogP) is 12.8. The Balaban J connectivity index is 1.48. The van der Waals surface area contributed by atoms with Crippen molar-refractivity contribution in [1.82, 2.24) is 19.9 Å². The van der Waals surface area contributed by atoms with Crippen LogP contribution in [0.2, 0.25) is 0 Å². The van der Waals surface area contributed by atoms with E-state index in [0.29, 0.717) is 0 Å². The molecule has 234 valence electrons. The van der Waals surface area contributed by atoms with E-state index in [1.807, 2.05) is 11.3 Å². The number of hydrogen-bond donors (Lipinski definition) is 2. The Labute approximate surface area is 294 Å². The number of aromatic nitrogens is 4. The van der Waals surface area contributed by atoms with Gasteiger partial charge in [-0.05, 0) is 125 Å². The summed E-state index contributed by atoms with van der Waals surface area (Å²) in [5.41, 5.74) is 12.4. The lowest BCUT2D eigenvalue weighted by molar-refractivity contribution is 1.28. The third-order valence-electron chi connectivity index (χ3n) is 8.70. The lowest BCUT2D eigenvalue weighted by atomic mass is 10.1. The average Bonchev–Trinajstić information content (AvgIpc) is 3.89. The molecule has 0 unspecified atom stereocenters. The van der Waals surface area contributed by atoms with Crippen LogP contribution in [-0.4, -0.2) is 19.9 Å². The summed E-state index contributed by atoms with van der Waals surface area (Å²) in [6, 6.07) is 26.5. The van der Waals surface area contributed by atoms with Crippen molar-refractivity contribution in [3.05, 3.63) is 115 Å². The Bertz CT molecular complexity index is 2490. The van der Waals surface area contributed by atoms with Crippen molar-refractivity contribution < 1.29 is 0 Å². The molecule has 2 aliphatic rings. The Kier molecular flexibility index (Phi) is 7.09. The first-order chi connectivity index (χ1) is 23.4. The molecule has 0 aliphatic carbocycles. The molecule has 7 aromatic rings. The minimum atomic E-state index is 0.929.